The molecule has 1 fully saturated rings. The normalized spacial score (nSPS) is 20.4. The number of aromatic nitrogens is 1. The van der Waals surface area contributed by atoms with Crippen LogP contribution in [0.1, 0.15) is 28.1 Å². The summed E-state index contributed by atoms with van der Waals surface area (Å²) in [5.74, 6) is -0.794. The second kappa shape index (κ2) is 6.99. The van der Waals surface area contributed by atoms with Crippen molar-refractivity contribution in [3.05, 3.63) is 40.9 Å². The molecule has 2 aromatic rings. The average molecular weight is 419 g/mol. The number of piperidine rings is 1. The number of carbonyl (C=O) groups excluding carboxylic acids is 2. The zero-order valence-corrected chi connectivity index (χ0v) is 16.3. The summed E-state index contributed by atoms with van der Waals surface area (Å²) in [6.07, 6.45) is 2.71. The number of hydrogen-bond acceptors (Lipinski definition) is 7. The van der Waals surface area contributed by atoms with Gasteiger partial charge in [0.2, 0.25) is 5.91 Å². The fraction of sp³-hybridized carbons (Fsp3) is 0.294. The van der Waals surface area contributed by atoms with Gasteiger partial charge in [-0.05, 0) is 25.0 Å². The maximum atomic E-state index is 12.6. The molecule has 1 atom stereocenters. The van der Waals surface area contributed by atoms with Crippen LogP contribution in [-0.2, 0) is 14.8 Å². The first-order valence-corrected chi connectivity index (χ1v) is 10.9. The van der Waals surface area contributed by atoms with Gasteiger partial charge in [0, 0.05) is 18.7 Å². The summed E-state index contributed by atoms with van der Waals surface area (Å²) in [5.41, 5.74) is 5.76. The molecule has 4 rings (SSSR count). The first-order valence-electron chi connectivity index (χ1n) is 8.61. The number of nitrogens with two attached hydrogens (primary N) is 1. The molecule has 9 nitrogen and oxygen atoms in total. The van der Waals surface area contributed by atoms with Gasteiger partial charge in [-0.2, -0.15) is 8.42 Å². The number of anilines is 1. The van der Waals surface area contributed by atoms with E-state index in [9.17, 15) is 18.0 Å². The fourth-order valence-corrected chi connectivity index (χ4v) is 5.25. The van der Waals surface area contributed by atoms with Gasteiger partial charge in [0.15, 0.2) is 11.0 Å². The van der Waals surface area contributed by atoms with Crippen LogP contribution in [-0.4, -0.2) is 49.0 Å². The van der Waals surface area contributed by atoms with Gasteiger partial charge in [0.25, 0.3) is 15.9 Å². The number of nitrogens with one attached hydrogen (secondary N) is 1. The van der Waals surface area contributed by atoms with Gasteiger partial charge < -0.3 is 16.0 Å². The van der Waals surface area contributed by atoms with E-state index in [2.05, 4.69) is 14.7 Å². The molecule has 0 radical (unpaired) electrons. The van der Waals surface area contributed by atoms with Crippen LogP contribution in [0.3, 0.4) is 0 Å². The van der Waals surface area contributed by atoms with E-state index < -0.39 is 15.9 Å². The van der Waals surface area contributed by atoms with Crippen LogP contribution in [0.2, 0.25) is 0 Å². The fourth-order valence-electron chi connectivity index (χ4n) is 3.35. The van der Waals surface area contributed by atoms with Crippen molar-refractivity contribution in [2.24, 2.45) is 16.0 Å². The molecule has 0 spiro atoms. The summed E-state index contributed by atoms with van der Waals surface area (Å²) in [7, 11) is -3.70. The summed E-state index contributed by atoms with van der Waals surface area (Å²) in [5, 5.41) is 3.02. The highest BCUT2D eigenvalue weighted by Crippen LogP contribution is 2.30. The van der Waals surface area contributed by atoms with E-state index in [-0.39, 0.29) is 21.6 Å². The van der Waals surface area contributed by atoms with Crippen LogP contribution < -0.4 is 11.1 Å². The second-order valence-corrected chi connectivity index (χ2v) is 9.16. The Morgan fingerprint density at radius 1 is 1.29 bits per heavy atom. The minimum Gasteiger partial charge on any atom is -0.365 e. The first-order chi connectivity index (χ1) is 13.3. The third-order valence-corrected chi connectivity index (χ3v) is 6.94. The van der Waals surface area contributed by atoms with E-state index in [4.69, 9.17) is 5.73 Å². The highest BCUT2D eigenvalue weighted by atomic mass is 32.2. The van der Waals surface area contributed by atoms with Crippen molar-refractivity contribution < 1.29 is 18.0 Å². The number of carbonyl (C=O) groups is 2. The summed E-state index contributed by atoms with van der Waals surface area (Å²) in [4.78, 5) is 30.1. The van der Waals surface area contributed by atoms with Crippen molar-refractivity contribution in [1.29, 1.82) is 0 Å². The summed E-state index contributed by atoms with van der Waals surface area (Å²) >= 11 is 1.02. The predicted octanol–water partition coefficient (Wildman–Crippen LogP) is 1.04. The second-order valence-electron chi connectivity index (χ2n) is 6.55. The number of thiazole rings is 1. The van der Waals surface area contributed by atoms with Gasteiger partial charge in [-0.1, -0.05) is 23.5 Å². The Morgan fingerprint density at radius 2 is 2.07 bits per heavy atom. The molecule has 0 bridgehead atoms. The third kappa shape index (κ3) is 3.38. The van der Waals surface area contributed by atoms with Crippen LogP contribution in [0.25, 0.3) is 0 Å². The Balaban J connectivity index is 1.50. The van der Waals surface area contributed by atoms with Crippen molar-refractivity contribution in [2.75, 3.05) is 18.4 Å². The number of benzene rings is 1. The smallest absolute Gasteiger partial charge is 0.285 e. The Hall–Kier alpha value is -2.79. The number of fused-ring (bicyclic) bond motifs is 1. The number of likely N-dealkylation sites (tertiary alicyclic amines) is 1. The topological polar surface area (TPSA) is 135 Å². The van der Waals surface area contributed by atoms with E-state index in [1.807, 2.05) is 4.90 Å². The molecule has 1 aromatic carbocycles. The molecule has 11 heteroatoms. The van der Waals surface area contributed by atoms with Crippen molar-refractivity contribution in [3.63, 3.8) is 0 Å². The minimum atomic E-state index is -3.70. The largest absolute Gasteiger partial charge is 0.365 e. The lowest BCUT2D eigenvalue weighted by molar-refractivity contribution is -0.121. The van der Waals surface area contributed by atoms with Crippen LogP contribution >= 0.6 is 11.3 Å². The Bertz CT molecular complexity index is 1090. The highest BCUT2D eigenvalue weighted by molar-refractivity contribution is 7.90. The Morgan fingerprint density at radius 3 is 2.82 bits per heavy atom. The first kappa shape index (κ1) is 18.6. The Labute approximate surface area is 165 Å². The van der Waals surface area contributed by atoms with Crippen LogP contribution in [0, 0.1) is 5.92 Å². The SMILES string of the molecule is NC(=O)c1cnc(NC(=O)C2CCCN(C3=NS(=O)(=O)c4ccccc43)C2)s1. The van der Waals surface area contributed by atoms with Crippen molar-refractivity contribution >= 4 is 44.1 Å². The molecule has 3 heterocycles. The molecule has 28 heavy (non-hydrogen) atoms. The van der Waals surface area contributed by atoms with Gasteiger partial charge >= 0.3 is 0 Å². The third-order valence-electron chi connectivity index (χ3n) is 4.68. The maximum Gasteiger partial charge on any atom is 0.285 e. The number of hydrogen-bond donors (Lipinski definition) is 2. The standard InChI is InChI=1S/C17H17N5O4S2/c18-14(23)12-8-19-17(27-12)20-16(24)10-4-3-7-22(9-10)15-11-5-1-2-6-13(11)28(25,26)21-15/h1-2,5-6,8,10H,3-4,7,9H2,(H2,18,23)(H,19,20,24). The van der Waals surface area contributed by atoms with E-state index in [0.717, 1.165) is 17.8 Å². The number of sulfonamides is 1. The van der Waals surface area contributed by atoms with Crippen LogP contribution in [0.5, 0.6) is 0 Å². The van der Waals surface area contributed by atoms with E-state index >= 15 is 0 Å². The lowest BCUT2D eigenvalue weighted by Gasteiger charge is -2.33. The molecule has 2 amide bonds. The van der Waals surface area contributed by atoms with E-state index in [1.165, 1.54) is 12.3 Å². The lowest BCUT2D eigenvalue weighted by Crippen LogP contribution is -2.43. The molecule has 0 aliphatic carbocycles. The van der Waals surface area contributed by atoms with Crippen molar-refractivity contribution in [2.45, 2.75) is 17.7 Å². The molecule has 1 unspecified atom stereocenters. The number of nitrogens with zero attached hydrogens (tertiary/aromatic N) is 3. The quantitative estimate of drug-likeness (QED) is 0.763. The van der Waals surface area contributed by atoms with Gasteiger partial charge in [0.05, 0.1) is 12.1 Å². The van der Waals surface area contributed by atoms with Crippen molar-refractivity contribution in [1.82, 2.24) is 9.88 Å². The molecule has 2 aliphatic rings. The van der Waals surface area contributed by atoms with Crippen molar-refractivity contribution in [3.8, 4) is 0 Å². The summed E-state index contributed by atoms with van der Waals surface area (Å²) in [6, 6.07) is 6.69. The minimum absolute atomic E-state index is 0.193. The molecular formula is C17H17N5O4S2. The number of amides is 2. The monoisotopic (exact) mass is 419 g/mol. The zero-order valence-electron chi connectivity index (χ0n) is 14.7. The van der Waals surface area contributed by atoms with Crippen LogP contribution in [0.4, 0.5) is 5.13 Å². The van der Waals surface area contributed by atoms with Crippen LogP contribution in [0.15, 0.2) is 39.8 Å². The highest BCUT2D eigenvalue weighted by Gasteiger charge is 2.35. The molecule has 0 saturated carbocycles. The van der Waals surface area contributed by atoms with Gasteiger partial charge in [-0.15, -0.1) is 4.40 Å². The molecule has 1 aromatic heterocycles. The average Bonchev–Trinajstić information content (AvgIpc) is 3.25. The van der Waals surface area contributed by atoms with Gasteiger partial charge in [0.1, 0.15) is 9.77 Å². The molecule has 3 N–H and O–H groups in total. The number of amidine groups is 1. The van der Waals surface area contributed by atoms with Gasteiger partial charge in [-0.25, -0.2) is 4.98 Å². The summed E-state index contributed by atoms with van der Waals surface area (Å²) < 4.78 is 28.5. The lowest BCUT2D eigenvalue weighted by atomic mass is 9.96. The molecular weight excluding hydrogens is 402 g/mol. The predicted molar refractivity (Wildman–Crippen MR) is 104 cm³/mol. The number of rotatable bonds is 3. The van der Waals surface area contributed by atoms with E-state index in [0.29, 0.717) is 36.0 Å². The van der Waals surface area contributed by atoms with Gasteiger partial charge in [-0.3, -0.25) is 9.59 Å². The summed E-state index contributed by atoms with van der Waals surface area (Å²) in [6.45, 7) is 0.970. The van der Waals surface area contributed by atoms with E-state index in [1.54, 1.807) is 18.2 Å². The zero-order chi connectivity index (χ0) is 19.9. The Kier molecular flexibility index (Phi) is 4.63. The molecule has 2 aliphatic heterocycles. The maximum absolute atomic E-state index is 12.6. The number of primary amides is 1. The molecule has 1 saturated heterocycles. The molecule has 146 valence electrons.